The maximum atomic E-state index is 13.5. The molecule has 1 N–H and O–H groups in total. The van der Waals surface area contributed by atoms with Gasteiger partial charge < -0.3 is 5.32 Å². The molecule has 2 rings (SSSR count). The van der Waals surface area contributed by atoms with E-state index in [2.05, 4.69) is 15.5 Å². The van der Waals surface area contributed by atoms with Gasteiger partial charge in [-0.1, -0.05) is 25.2 Å². The van der Waals surface area contributed by atoms with Crippen molar-refractivity contribution in [1.82, 2.24) is 15.5 Å². The van der Waals surface area contributed by atoms with Crippen molar-refractivity contribution in [2.75, 3.05) is 0 Å². The highest BCUT2D eigenvalue weighted by atomic mass is 32.1. The van der Waals surface area contributed by atoms with Gasteiger partial charge >= 0.3 is 0 Å². The predicted octanol–water partition coefficient (Wildman–Crippen LogP) is 2.98. The zero-order chi connectivity index (χ0) is 13.1. The number of halogens is 2. The third kappa shape index (κ3) is 3.08. The lowest BCUT2D eigenvalue weighted by molar-refractivity contribution is 0.584. The molecule has 6 heteroatoms. The molecule has 0 spiro atoms. The van der Waals surface area contributed by atoms with E-state index in [1.807, 2.05) is 13.8 Å². The van der Waals surface area contributed by atoms with Gasteiger partial charge in [-0.15, -0.1) is 10.2 Å². The van der Waals surface area contributed by atoms with E-state index in [1.54, 1.807) is 0 Å². The van der Waals surface area contributed by atoms with Crippen LogP contribution in [-0.4, -0.2) is 16.2 Å². The van der Waals surface area contributed by atoms with Gasteiger partial charge in [0.15, 0.2) is 5.01 Å². The van der Waals surface area contributed by atoms with Crippen LogP contribution in [0.15, 0.2) is 18.2 Å². The van der Waals surface area contributed by atoms with E-state index in [0.29, 0.717) is 17.6 Å². The first-order valence-corrected chi connectivity index (χ1v) is 6.39. The molecule has 1 heterocycles. The average molecular weight is 269 g/mol. The van der Waals surface area contributed by atoms with Crippen molar-refractivity contribution in [2.24, 2.45) is 0 Å². The minimum Gasteiger partial charge on any atom is -0.308 e. The van der Waals surface area contributed by atoms with Crippen molar-refractivity contribution < 1.29 is 8.78 Å². The van der Waals surface area contributed by atoms with Gasteiger partial charge in [-0.2, -0.15) is 0 Å². The van der Waals surface area contributed by atoms with Crippen molar-refractivity contribution in [1.29, 1.82) is 0 Å². The average Bonchev–Trinajstić information content (AvgIpc) is 2.78. The third-order valence-corrected chi connectivity index (χ3v) is 3.24. The Kier molecular flexibility index (Phi) is 3.98. The second kappa shape index (κ2) is 5.49. The summed E-state index contributed by atoms with van der Waals surface area (Å²) in [6, 6.07) is 3.65. The summed E-state index contributed by atoms with van der Waals surface area (Å²) in [5, 5.41) is 12.2. The third-order valence-electron chi connectivity index (χ3n) is 2.29. The Morgan fingerprint density at radius 1 is 1.28 bits per heavy atom. The molecule has 3 nitrogen and oxygen atoms in total. The Bertz CT molecular complexity index is 540. The van der Waals surface area contributed by atoms with E-state index >= 15 is 0 Å². The highest BCUT2D eigenvalue weighted by Crippen LogP contribution is 2.26. The number of benzene rings is 1. The topological polar surface area (TPSA) is 37.8 Å². The van der Waals surface area contributed by atoms with E-state index in [9.17, 15) is 8.78 Å². The molecule has 0 atom stereocenters. The monoisotopic (exact) mass is 269 g/mol. The zero-order valence-corrected chi connectivity index (χ0v) is 10.9. The Morgan fingerprint density at radius 3 is 2.78 bits per heavy atom. The lowest BCUT2D eigenvalue weighted by atomic mass is 10.2. The van der Waals surface area contributed by atoms with E-state index < -0.39 is 11.6 Å². The van der Waals surface area contributed by atoms with Crippen LogP contribution in [0.3, 0.4) is 0 Å². The molecule has 0 aliphatic rings. The molecule has 0 aliphatic heterocycles. The lowest BCUT2D eigenvalue weighted by Gasteiger charge is -2.03. The fourth-order valence-corrected chi connectivity index (χ4v) is 2.20. The maximum Gasteiger partial charge on any atom is 0.150 e. The smallest absolute Gasteiger partial charge is 0.150 e. The van der Waals surface area contributed by atoms with Crippen molar-refractivity contribution in [2.45, 2.75) is 26.4 Å². The van der Waals surface area contributed by atoms with Gasteiger partial charge in [-0.25, -0.2) is 8.78 Å². The first-order valence-electron chi connectivity index (χ1n) is 5.57. The van der Waals surface area contributed by atoms with E-state index in [0.717, 1.165) is 23.2 Å². The summed E-state index contributed by atoms with van der Waals surface area (Å²) in [6.07, 6.45) is 0. The molecule has 96 valence electrons. The van der Waals surface area contributed by atoms with Gasteiger partial charge in [0.25, 0.3) is 0 Å². The number of hydrogen-bond acceptors (Lipinski definition) is 4. The number of rotatable bonds is 4. The van der Waals surface area contributed by atoms with Gasteiger partial charge in [-0.05, 0) is 18.2 Å². The fourth-order valence-electron chi connectivity index (χ4n) is 1.39. The molecule has 1 aromatic carbocycles. The Balaban J connectivity index is 2.21. The molecule has 0 radical (unpaired) electrons. The van der Waals surface area contributed by atoms with Crippen LogP contribution >= 0.6 is 11.3 Å². The molecule has 0 saturated carbocycles. The second-order valence-electron chi connectivity index (χ2n) is 4.16. The summed E-state index contributed by atoms with van der Waals surface area (Å²) in [5.74, 6) is -0.973. The summed E-state index contributed by atoms with van der Waals surface area (Å²) in [4.78, 5) is 0. The van der Waals surface area contributed by atoms with Crippen molar-refractivity contribution >= 4 is 11.3 Å². The molecule has 0 aliphatic carbocycles. The van der Waals surface area contributed by atoms with E-state index in [4.69, 9.17) is 0 Å². The maximum absolute atomic E-state index is 13.5. The number of aromatic nitrogens is 2. The summed E-state index contributed by atoms with van der Waals surface area (Å²) in [6.45, 7) is 4.62. The van der Waals surface area contributed by atoms with Crippen LogP contribution in [0.5, 0.6) is 0 Å². The van der Waals surface area contributed by atoms with Crippen molar-refractivity contribution in [3.8, 4) is 10.6 Å². The molecule has 0 amide bonds. The van der Waals surface area contributed by atoms with Crippen LogP contribution in [0.4, 0.5) is 8.78 Å². The van der Waals surface area contributed by atoms with E-state index in [1.165, 1.54) is 11.3 Å². The minimum absolute atomic E-state index is 0.156. The number of hydrogen-bond donors (Lipinski definition) is 1. The van der Waals surface area contributed by atoms with E-state index in [-0.39, 0.29) is 5.56 Å². The summed E-state index contributed by atoms with van der Waals surface area (Å²) in [5.41, 5.74) is 0.156. The second-order valence-corrected chi connectivity index (χ2v) is 5.22. The molecule has 18 heavy (non-hydrogen) atoms. The highest BCUT2D eigenvalue weighted by molar-refractivity contribution is 7.14. The summed E-state index contributed by atoms with van der Waals surface area (Å²) < 4.78 is 26.6. The SMILES string of the molecule is CC(C)NCc1nnc(-c2cc(F)ccc2F)s1. The first-order chi connectivity index (χ1) is 8.56. The Hall–Kier alpha value is -1.40. The summed E-state index contributed by atoms with van der Waals surface area (Å²) >= 11 is 1.26. The van der Waals surface area contributed by atoms with Crippen LogP contribution in [0.25, 0.3) is 10.6 Å². The molecule has 2 aromatic rings. The zero-order valence-electron chi connectivity index (χ0n) is 10.1. The Morgan fingerprint density at radius 2 is 2.06 bits per heavy atom. The lowest BCUT2D eigenvalue weighted by Crippen LogP contribution is -2.21. The minimum atomic E-state index is -0.490. The largest absolute Gasteiger partial charge is 0.308 e. The quantitative estimate of drug-likeness (QED) is 0.927. The van der Waals surface area contributed by atoms with Crippen LogP contribution < -0.4 is 5.32 Å². The van der Waals surface area contributed by atoms with Crippen LogP contribution in [0.1, 0.15) is 18.9 Å². The van der Waals surface area contributed by atoms with Gasteiger partial charge in [0.1, 0.15) is 16.6 Å². The molecule has 1 aromatic heterocycles. The van der Waals surface area contributed by atoms with Crippen molar-refractivity contribution in [3.05, 3.63) is 34.8 Å². The predicted molar refractivity (Wildman–Crippen MR) is 67.2 cm³/mol. The van der Waals surface area contributed by atoms with Gasteiger partial charge in [0.2, 0.25) is 0 Å². The van der Waals surface area contributed by atoms with Gasteiger partial charge in [-0.3, -0.25) is 0 Å². The highest BCUT2D eigenvalue weighted by Gasteiger charge is 2.12. The molecule has 0 fully saturated rings. The number of nitrogens with one attached hydrogen (secondary N) is 1. The number of nitrogens with zero attached hydrogens (tertiary/aromatic N) is 2. The van der Waals surface area contributed by atoms with Crippen molar-refractivity contribution in [3.63, 3.8) is 0 Å². The molecular weight excluding hydrogens is 256 g/mol. The standard InChI is InChI=1S/C12H13F2N3S/c1-7(2)15-6-11-16-17-12(18-11)9-5-8(13)3-4-10(9)14/h3-5,7,15H,6H2,1-2H3. The molecular formula is C12H13F2N3S. The normalized spacial score (nSPS) is 11.2. The van der Waals surface area contributed by atoms with Crippen LogP contribution in [0, 0.1) is 11.6 Å². The summed E-state index contributed by atoms with van der Waals surface area (Å²) in [7, 11) is 0. The molecule has 0 saturated heterocycles. The van der Waals surface area contributed by atoms with Gasteiger partial charge in [0, 0.05) is 12.6 Å². The molecule has 0 bridgehead atoms. The molecule has 0 unspecified atom stereocenters. The first kappa shape index (κ1) is 13.0. The van der Waals surface area contributed by atoms with Crippen LogP contribution in [-0.2, 0) is 6.54 Å². The van der Waals surface area contributed by atoms with Crippen LogP contribution in [0.2, 0.25) is 0 Å². The Labute approximate surface area is 108 Å². The van der Waals surface area contributed by atoms with Gasteiger partial charge in [0.05, 0.1) is 5.56 Å². The fraction of sp³-hybridized carbons (Fsp3) is 0.333.